The molecule has 0 aromatic heterocycles. The second-order valence-electron chi connectivity index (χ2n) is 6.65. The summed E-state index contributed by atoms with van der Waals surface area (Å²) < 4.78 is 11.7. The molecule has 0 unspecified atom stereocenters. The van der Waals surface area contributed by atoms with Gasteiger partial charge in [0.25, 0.3) is 0 Å². The van der Waals surface area contributed by atoms with Gasteiger partial charge in [0.1, 0.15) is 11.5 Å². The van der Waals surface area contributed by atoms with Gasteiger partial charge in [0, 0.05) is 11.1 Å². The van der Waals surface area contributed by atoms with Gasteiger partial charge in [-0.05, 0) is 58.7 Å². The van der Waals surface area contributed by atoms with E-state index in [9.17, 15) is 0 Å². The maximum Gasteiger partial charge on any atom is 0.130 e. The van der Waals surface area contributed by atoms with Gasteiger partial charge in [0.15, 0.2) is 0 Å². The molecule has 0 saturated heterocycles. The van der Waals surface area contributed by atoms with Crippen LogP contribution in [-0.4, -0.2) is 14.2 Å². The first-order valence-corrected chi connectivity index (χ1v) is 8.78. The average Bonchev–Trinajstić information content (AvgIpc) is 2.66. The summed E-state index contributed by atoms with van der Waals surface area (Å²) in [5.41, 5.74) is 4.43. The van der Waals surface area contributed by atoms with Gasteiger partial charge >= 0.3 is 0 Å². The van der Waals surface area contributed by atoms with E-state index in [1.165, 1.54) is 21.5 Å². The third kappa shape index (κ3) is 2.41. The maximum atomic E-state index is 5.87. The predicted octanol–water partition coefficient (Wildman–Crippen LogP) is 6.29. The zero-order chi connectivity index (χ0) is 18.3. The molecular weight excluding hydrogens is 320 g/mol. The highest BCUT2D eigenvalue weighted by atomic mass is 16.5. The monoisotopic (exact) mass is 342 g/mol. The summed E-state index contributed by atoms with van der Waals surface area (Å²) in [5.74, 6) is 1.80. The van der Waals surface area contributed by atoms with Crippen molar-refractivity contribution in [3.63, 3.8) is 0 Å². The number of hydrogen-bond acceptors (Lipinski definition) is 2. The molecule has 0 aliphatic rings. The Morgan fingerprint density at radius 2 is 0.962 bits per heavy atom. The second-order valence-corrected chi connectivity index (χ2v) is 6.65. The van der Waals surface area contributed by atoms with Crippen molar-refractivity contribution in [1.82, 2.24) is 0 Å². The number of benzene rings is 4. The van der Waals surface area contributed by atoms with Crippen LogP contribution >= 0.6 is 0 Å². The Hall–Kier alpha value is -3.00. The third-order valence-electron chi connectivity index (χ3n) is 5.03. The number of hydrogen-bond donors (Lipinski definition) is 0. The molecule has 4 rings (SSSR count). The molecule has 26 heavy (non-hydrogen) atoms. The summed E-state index contributed by atoms with van der Waals surface area (Å²) in [6.45, 7) is 4.19. The van der Waals surface area contributed by atoms with Crippen LogP contribution < -0.4 is 9.47 Å². The van der Waals surface area contributed by atoms with E-state index in [0.717, 1.165) is 33.8 Å². The summed E-state index contributed by atoms with van der Waals surface area (Å²) in [4.78, 5) is 0. The highest BCUT2D eigenvalue weighted by Crippen LogP contribution is 2.47. The summed E-state index contributed by atoms with van der Waals surface area (Å²) >= 11 is 0. The Kier molecular flexibility index (Phi) is 4.04. The largest absolute Gasteiger partial charge is 0.496 e. The third-order valence-corrected chi connectivity index (χ3v) is 5.03. The first kappa shape index (κ1) is 16.5. The predicted molar refractivity (Wildman–Crippen MR) is 109 cm³/mol. The molecule has 0 aliphatic heterocycles. The maximum absolute atomic E-state index is 5.87. The molecule has 0 heterocycles. The molecule has 0 amide bonds. The molecule has 2 nitrogen and oxygen atoms in total. The highest BCUT2D eigenvalue weighted by molar-refractivity contribution is 6.10. The Labute approximate surface area is 154 Å². The van der Waals surface area contributed by atoms with Gasteiger partial charge < -0.3 is 9.47 Å². The van der Waals surface area contributed by atoms with E-state index < -0.39 is 0 Å². The first-order valence-electron chi connectivity index (χ1n) is 8.78. The molecule has 4 aromatic rings. The van der Waals surface area contributed by atoms with E-state index in [4.69, 9.17) is 9.47 Å². The highest BCUT2D eigenvalue weighted by Gasteiger charge is 2.21. The van der Waals surface area contributed by atoms with Crippen LogP contribution in [-0.2, 0) is 0 Å². The molecule has 0 aliphatic carbocycles. The van der Waals surface area contributed by atoms with Crippen LogP contribution in [0.25, 0.3) is 32.7 Å². The Bertz CT molecular complexity index is 1030. The van der Waals surface area contributed by atoms with Crippen LogP contribution in [0.2, 0.25) is 0 Å². The summed E-state index contributed by atoms with van der Waals surface area (Å²) in [5, 5.41) is 4.75. The summed E-state index contributed by atoms with van der Waals surface area (Å²) in [7, 11) is 3.48. The fraction of sp³-hybridized carbons (Fsp3) is 0.167. The van der Waals surface area contributed by atoms with Crippen molar-refractivity contribution in [2.24, 2.45) is 0 Å². The van der Waals surface area contributed by atoms with Crippen LogP contribution in [0.15, 0.2) is 60.7 Å². The minimum Gasteiger partial charge on any atom is -0.496 e. The van der Waals surface area contributed by atoms with Crippen LogP contribution in [0.5, 0.6) is 11.5 Å². The second kappa shape index (κ2) is 6.38. The topological polar surface area (TPSA) is 18.5 Å². The zero-order valence-electron chi connectivity index (χ0n) is 15.6. The summed E-state index contributed by atoms with van der Waals surface area (Å²) in [6.07, 6.45) is 0. The van der Waals surface area contributed by atoms with Gasteiger partial charge in [0.2, 0.25) is 0 Å². The lowest BCUT2D eigenvalue weighted by molar-refractivity contribution is 0.408. The molecule has 2 heteroatoms. The van der Waals surface area contributed by atoms with Crippen molar-refractivity contribution in [3.05, 3.63) is 71.8 Å². The van der Waals surface area contributed by atoms with E-state index >= 15 is 0 Å². The Balaban J connectivity index is 2.27. The normalized spacial score (nSPS) is 11.1. The van der Waals surface area contributed by atoms with Crippen LogP contribution in [0, 0.1) is 13.8 Å². The van der Waals surface area contributed by atoms with Crippen molar-refractivity contribution in [3.8, 4) is 22.6 Å². The Morgan fingerprint density at radius 1 is 0.577 bits per heavy atom. The average molecular weight is 342 g/mol. The zero-order valence-corrected chi connectivity index (χ0v) is 15.6. The van der Waals surface area contributed by atoms with E-state index in [-0.39, 0.29) is 0 Å². The standard InChI is InChI=1S/C24H22O2/c1-15-13-17-9-5-7-11-19(17)21(23(15)25-3)22-20-12-8-6-10-18(20)14-16(2)24(22)26-4/h5-14H,1-4H3. The van der Waals surface area contributed by atoms with Gasteiger partial charge in [-0.15, -0.1) is 0 Å². The molecule has 4 aromatic carbocycles. The molecule has 0 atom stereocenters. The van der Waals surface area contributed by atoms with Gasteiger partial charge in [-0.3, -0.25) is 0 Å². The van der Waals surface area contributed by atoms with Crippen LogP contribution in [0.1, 0.15) is 11.1 Å². The van der Waals surface area contributed by atoms with Crippen molar-refractivity contribution in [2.75, 3.05) is 14.2 Å². The smallest absolute Gasteiger partial charge is 0.130 e. The van der Waals surface area contributed by atoms with Crippen molar-refractivity contribution >= 4 is 21.5 Å². The summed E-state index contributed by atoms with van der Waals surface area (Å²) in [6, 6.07) is 21.3. The minimum atomic E-state index is 0.901. The van der Waals surface area contributed by atoms with Crippen molar-refractivity contribution in [2.45, 2.75) is 13.8 Å². The van der Waals surface area contributed by atoms with Gasteiger partial charge in [-0.1, -0.05) is 48.5 Å². The molecule has 0 fully saturated rings. The van der Waals surface area contributed by atoms with Crippen molar-refractivity contribution < 1.29 is 9.47 Å². The number of methoxy groups -OCH3 is 2. The molecular formula is C24H22O2. The lowest BCUT2D eigenvalue weighted by atomic mass is 9.89. The molecule has 0 saturated carbocycles. The van der Waals surface area contributed by atoms with Crippen LogP contribution in [0.4, 0.5) is 0 Å². The van der Waals surface area contributed by atoms with E-state index in [1.807, 2.05) is 0 Å². The number of fused-ring (bicyclic) bond motifs is 2. The quantitative estimate of drug-likeness (QED) is 0.435. The molecule has 0 N–H and O–H groups in total. The lowest BCUT2D eigenvalue weighted by Gasteiger charge is -2.20. The number of aryl methyl sites for hydroxylation is 2. The SMILES string of the molecule is COc1c(C)cc2ccccc2c1-c1c(OC)c(C)cc2ccccc12. The fourth-order valence-electron chi connectivity index (χ4n) is 3.96. The molecule has 130 valence electrons. The number of ether oxygens (including phenoxy) is 2. The fourth-order valence-corrected chi connectivity index (χ4v) is 3.96. The first-order chi connectivity index (χ1) is 12.7. The lowest BCUT2D eigenvalue weighted by Crippen LogP contribution is -1.98. The number of rotatable bonds is 3. The molecule has 0 radical (unpaired) electrons. The van der Waals surface area contributed by atoms with Gasteiger partial charge in [-0.2, -0.15) is 0 Å². The van der Waals surface area contributed by atoms with Gasteiger partial charge in [-0.25, -0.2) is 0 Å². The molecule has 0 spiro atoms. The van der Waals surface area contributed by atoms with E-state index in [1.54, 1.807) is 14.2 Å². The van der Waals surface area contributed by atoms with E-state index in [0.29, 0.717) is 0 Å². The Morgan fingerprint density at radius 3 is 1.35 bits per heavy atom. The minimum absolute atomic E-state index is 0.901. The van der Waals surface area contributed by atoms with Gasteiger partial charge in [0.05, 0.1) is 14.2 Å². The van der Waals surface area contributed by atoms with Crippen molar-refractivity contribution in [1.29, 1.82) is 0 Å². The van der Waals surface area contributed by atoms with Crippen LogP contribution in [0.3, 0.4) is 0 Å². The molecule has 0 bridgehead atoms. The van der Waals surface area contributed by atoms with E-state index in [2.05, 4.69) is 74.5 Å².